The van der Waals surface area contributed by atoms with Crippen LogP contribution >= 0.6 is 11.6 Å². The summed E-state index contributed by atoms with van der Waals surface area (Å²) in [5, 5.41) is 4.72. The van der Waals surface area contributed by atoms with Crippen LogP contribution in [0.1, 0.15) is 78.5 Å². The van der Waals surface area contributed by atoms with Crippen molar-refractivity contribution in [2.75, 3.05) is 6.54 Å². The molecule has 29 heavy (non-hydrogen) atoms. The van der Waals surface area contributed by atoms with Gasteiger partial charge in [-0.3, -0.25) is 4.79 Å². The molecule has 152 valence electrons. The van der Waals surface area contributed by atoms with E-state index in [4.69, 9.17) is 20.5 Å². The summed E-state index contributed by atoms with van der Waals surface area (Å²) < 4.78 is 11.3. The second-order valence-corrected chi connectivity index (χ2v) is 8.19. The smallest absolute Gasteiger partial charge is 0.293 e. The Bertz CT molecular complexity index is 977. The van der Waals surface area contributed by atoms with Crippen LogP contribution in [0, 0.1) is 0 Å². The Morgan fingerprint density at radius 3 is 2.79 bits per heavy atom. The summed E-state index contributed by atoms with van der Waals surface area (Å²) in [5.74, 6) is 1.66. The predicted molar refractivity (Wildman–Crippen MR) is 109 cm³/mol. The van der Waals surface area contributed by atoms with Gasteiger partial charge >= 0.3 is 0 Å². The lowest BCUT2D eigenvalue weighted by Crippen LogP contribution is -2.38. The number of oxazole rings is 1. The zero-order valence-corrected chi connectivity index (χ0v) is 17.4. The third-order valence-corrected chi connectivity index (χ3v) is 5.49. The molecule has 0 aliphatic carbocycles. The minimum absolute atomic E-state index is 0.161. The lowest BCUT2D eigenvalue weighted by atomic mass is 10.0. The van der Waals surface area contributed by atoms with E-state index in [2.05, 4.69) is 10.1 Å². The number of amides is 1. The van der Waals surface area contributed by atoms with E-state index in [9.17, 15) is 4.79 Å². The van der Waals surface area contributed by atoms with Crippen LogP contribution in [0.2, 0.25) is 5.02 Å². The van der Waals surface area contributed by atoms with Gasteiger partial charge in [-0.15, -0.1) is 0 Å². The molecule has 0 radical (unpaired) electrons. The summed E-state index contributed by atoms with van der Waals surface area (Å²) in [4.78, 5) is 19.3. The molecule has 6 nitrogen and oxygen atoms in total. The number of hydrogen-bond donors (Lipinski definition) is 0. The van der Waals surface area contributed by atoms with Gasteiger partial charge in [-0.1, -0.05) is 42.7 Å². The molecular formula is C22H24ClN3O3. The number of piperidine rings is 1. The van der Waals surface area contributed by atoms with Crippen molar-refractivity contribution in [3.8, 4) is 0 Å². The van der Waals surface area contributed by atoms with E-state index in [0.717, 1.165) is 36.3 Å². The fraction of sp³-hybridized carbons (Fsp3) is 0.409. The summed E-state index contributed by atoms with van der Waals surface area (Å²) in [6.07, 6.45) is 5.16. The van der Waals surface area contributed by atoms with Gasteiger partial charge in [0.15, 0.2) is 0 Å². The fourth-order valence-electron chi connectivity index (χ4n) is 3.60. The minimum Gasteiger partial charge on any atom is -0.443 e. The SMILES string of the molecule is CC(C)c1cc(C(=O)N2CCCC[C@H]2c2ncc(Cc3ccc(Cl)cc3)o2)on1. The maximum Gasteiger partial charge on any atom is 0.293 e. The highest BCUT2D eigenvalue weighted by Gasteiger charge is 2.33. The summed E-state index contributed by atoms with van der Waals surface area (Å²) in [7, 11) is 0. The quantitative estimate of drug-likeness (QED) is 0.560. The number of likely N-dealkylation sites (tertiary alicyclic amines) is 1. The van der Waals surface area contributed by atoms with Crippen molar-refractivity contribution in [2.24, 2.45) is 0 Å². The molecule has 0 unspecified atom stereocenters. The van der Waals surface area contributed by atoms with Crippen molar-refractivity contribution < 1.29 is 13.7 Å². The first kappa shape index (κ1) is 19.7. The molecular weight excluding hydrogens is 390 g/mol. The molecule has 0 saturated carbocycles. The van der Waals surface area contributed by atoms with Crippen LogP contribution < -0.4 is 0 Å². The zero-order chi connectivity index (χ0) is 20.4. The van der Waals surface area contributed by atoms with Crippen LogP contribution in [0.15, 0.2) is 45.5 Å². The molecule has 1 amide bonds. The summed E-state index contributed by atoms with van der Waals surface area (Å²) in [5.41, 5.74) is 1.87. The van der Waals surface area contributed by atoms with E-state index in [1.165, 1.54) is 0 Å². The Morgan fingerprint density at radius 2 is 2.07 bits per heavy atom. The van der Waals surface area contributed by atoms with Gasteiger partial charge in [-0.25, -0.2) is 4.98 Å². The van der Waals surface area contributed by atoms with Crippen LogP contribution in [0.25, 0.3) is 0 Å². The van der Waals surface area contributed by atoms with Gasteiger partial charge in [0.05, 0.1) is 11.9 Å². The van der Waals surface area contributed by atoms with Gasteiger partial charge in [-0.2, -0.15) is 0 Å². The average Bonchev–Trinajstić information content (AvgIpc) is 3.39. The van der Waals surface area contributed by atoms with Gasteiger partial charge in [0.2, 0.25) is 11.7 Å². The van der Waals surface area contributed by atoms with E-state index in [-0.39, 0.29) is 23.6 Å². The Morgan fingerprint density at radius 1 is 1.28 bits per heavy atom. The Balaban J connectivity index is 1.52. The summed E-state index contributed by atoms with van der Waals surface area (Å²) >= 11 is 5.95. The van der Waals surface area contributed by atoms with Crippen LogP contribution in [-0.4, -0.2) is 27.5 Å². The number of carbonyl (C=O) groups excluding carboxylic acids is 1. The third kappa shape index (κ3) is 4.37. The van der Waals surface area contributed by atoms with Crippen molar-refractivity contribution in [3.63, 3.8) is 0 Å². The van der Waals surface area contributed by atoms with Gasteiger partial charge in [-0.05, 0) is 42.9 Å². The predicted octanol–water partition coefficient (Wildman–Crippen LogP) is 5.40. The van der Waals surface area contributed by atoms with Crippen LogP contribution in [0.5, 0.6) is 0 Å². The van der Waals surface area contributed by atoms with Crippen LogP contribution in [0.3, 0.4) is 0 Å². The molecule has 0 spiro atoms. The third-order valence-electron chi connectivity index (χ3n) is 5.24. The second-order valence-electron chi connectivity index (χ2n) is 7.75. The molecule has 1 atom stereocenters. The molecule has 3 aromatic rings. The molecule has 1 aromatic carbocycles. The van der Waals surface area contributed by atoms with Gasteiger partial charge in [0.25, 0.3) is 5.91 Å². The highest BCUT2D eigenvalue weighted by molar-refractivity contribution is 6.30. The van der Waals surface area contributed by atoms with Gasteiger partial charge in [0.1, 0.15) is 11.8 Å². The van der Waals surface area contributed by atoms with Crippen molar-refractivity contribution in [1.29, 1.82) is 0 Å². The van der Waals surface area contributed by atoms with Crippen molar-refractivity contribution in [3.05, 3.63) is 70.2 Å². The highest BCUT2D eigenvalue weighted by atomic mass is 35.5. The van der Waals surface area contributed by atoms with E-state index in [0.29, 0.717) is 23.9 Å². The van der Waals surface area contributed by atoms with E-state index in [1.807, 2.05) is 38.1 Å². The second kappa shape index (κ2) is 8.41. The van der Waals surface area contributed by atoms with E-state index >= 15 is 0 Å². The van der Waals surface area contributed by atoms with E-state index in [1.54, 1.807) is 17.2 Å². The first-order valence-electron chi connectivity index (χ1n) is 9.98. The first-order chi connectivity index (χ1) is 14.0. The molecule has 1 saturated heterocycles. The summed E-state index contributed by atoms with van der Waals surface area (Å²) in [6.45, 7) is 4.69. The number of benzene rings is 1. The standard InChI is InChI=1S/C22H24ClN3O3/c1-14(2)18-12-20(29-25-18)22(27)26-10-4-3-5-19(26)21-24-13-17(28-21)11-15-6-8-16(23)9-7-15/h6-9,12-14,19H,3-5,10-11H2,1-2H3/t19-/m0/s1. The molecule has 0 bridgehead atoms. The molecule has 1 fully saturated rings. The average molecular weight is 414 g/mol. The molecule has 1 aliphatic heterocycles. The lowest BCUT2D eigenvalue weighted by molar-refractivity contribution is 0.0528. The molecule has 3 heterocycles. The van der Waals surface area contributed by atoms with Crippen molar-refractivity contribution >= 4 is 17.5 Å². The number of nitrogens with zero attached hydrogens (tertiary/aromatic N) is 3. The number of rotatable bonds is 5. The fourth-order valence-corrected chi connectivity index (χ4v) is 3.72. The van der Waals surface area contributed by atoms with Gasteiger partial charge < -0.3 is 13.8 Å². The van der Waals surface area contributed by atoms with Gasteiger partial charge in [0, 0.05) is 24.1 Å². The maximum atomic E-state index is 13.1. The Kier molecular flexibility index (Phi) is 5.72. The van der Waals surface area contributed by atoms with Crippen LogP contribution in [-0.2, 0) is 6.42 Å². The topological polar surface area (TPSA) is 72.4 Å². The van der Waals surface area contributed by atoms with Crippen molar-refractivity contribution in [2.45, 2.75) is 51.5 Å². The highest BCUT2D eigenvalue weighted by Crippen LogP contribution is 2.32. The zero-order valence-electron chi connectivity index (χ0n) is 16.6. The molecule has 4 rings (SSSR count). The lowest BCUT2D eigenvalue weighted by Gasteiger charge is -2.32. The molecule has 1 aliphatic rings. The van der Waals surface area contributed by atoms with Crippen LogP contribution in [0.4, 0.5) is 0 Å². The summed E-state index contributed by atoms with van der Waals surface area (Å²) in [6, 6.07) is 9.20. The normalized spacial score (nSPS) is 17.1. The van der Waals surface area contributed by atoms with Crippen molar-refractivity contribution in [1.82, 2.24) is 15.0 Å². The number of aromatic nitrogens is 2. The number of carbonyl (C=O) groups is 1. The maximum absolute atomic E-state index is 13.1. The minimum atomic E-state index is -0.192. The number of hydrogen-bond acceptors (Lipinski definition) is 5. The Hall–Kier alpha value is -2.60. The van der Waals surface area contributed by atoms with E-state index < -0.39 is 0 Å². The Labute approximate surface area is 174 Å². The largest absolute Gasteiger partial charge is 0.443 e. The molecule has 2 aromatic heterocycles. The molecule has 0 N–H and O–H groups in total. The molecule has 7 heteroatoms. The monoisotopic (exact) mass is 413 g/mol. The number of halogens is 1. The first-order valence-corrected chi connectivity index (χ1v) is 10.4.